The monoisotopic (exact) mass is 405 g/mol. The summed E-state index contributed by atoms with van der Waals surface area (Å²) < 4.78 is 1.92. The molecule has 0 unspecified atom stereocenters. The molecular weight excluding hydrogens is 374 g/mol. The summed E-state index contributed by atoms with van der Waals surface area (Å²) in [6, 6.07) is 10.1. The summed E-state index contributed by atoms with van der Waals surface area (Å²) in [6.07, 6.45) is 1.26. The van der Waals surface area contributed by atoms with Crippen LogP contribution < -0.4 is 0 Å². The number of aromatic nitrogens is 3. The summed E-state index contributed by atoms with van der Waals surface area (Å²) in [5.41, 5.74) is 6.23. The van der Waals surface area contributed by atoms with Crippen LogP contribution in [0.15, 0.2) is 30.3 Å². The number of benzene rings is 1. The number of hydrogen-bond acceptors (Lipinski definition) is 4. The molecule has 0 spiro atoms. The second-order valence-electron chi connectivity index (χ2n) is 8.15. The zero-order chi connectivity index (χ0) is 21.3. The number of carbonyl (C=O) groups excluding carboxylic acids is 1. The second kappa shape index (κ2) is 8.56. The lowest BCUT2D eigenvalue weighted by atomic mass is 9.99. The Morgan fingerprint density at radius 3 is 2.37 bits per heavy atom. The minimum atomic E-state index is 0.251. The van der Waals surface area contributed by atoms with Crippen LogP contribution in [-0.2, 0) is 11.2 Å². The maximum absolute atomic E-state index is 12.8. The van der Waals surface area contributed by atoms with Crippen molar-refractivity contribution in [2.75, 3.05) is 32.7 Å². The highest BCUT2D eigenvalue weighted by Gasteiger charge is 2.22. The van der Waals surface area contributed by atoms with E-state index in [4.69, 9.17) is 10.1 Å². The SMILES string of the molecule is CCN1CCN(C(=O)CCc2c(C)nc3c(c(C)nn3-c3ccccc3)c2C)CC1. The molecule has 1 amide bonds. The van der Waals surface area contributed by atoms with Crippen LogP contribution in [0.4, 0.5) is 0 Å². The zero-order valence-corrected chi connectivity index (χ0v) is 18.5. The highest BCUT2D eigenvalue weighted by atomic mass is 16.2. The zero-order valence-electron chi connectivity index (χ0n) is 18.5. The maximum Gasteiger partial charge on any atom is 0.222 e. The van der Waals surface area contributed by atoms with E-state index in [1.54, 1.807) is 0 Å². The lowest BCUT2D eigenvalue weighted by molar-refractivity contribution is -0.132. The molecule has 6 heteroatoms. The molecule has 2 aromatic heterocycles. The van der Waals surface area contributed by atoms with E-state index in [1.165, 1.54) is 11.1 Å². The van der Waals surface area contributed by atoms with Crippen molar-refractivity contribution in [1.82, 2.24) is 24.6 Å². The Bertz CT molecular complexity index is 1050. The van der Waals surface area contributed by atoms with Crippen molar-refractivity contribution in [3.63, 3.8) is 0 Å². The van der Waals surface area contributed by atoms with Crippen LogP contribution in [0, 0.1) is 20.8 Å². The number of likely N-dealkylation sites (N-methyl/N-ethyl adjacent to an activating group) is 1. The second-order valence-corrected chi connectivity index (χ2v) is 8.15. The van der Waals surface area contributed by atoms with Crippen LogP contribution in [0.25, 0.3) is 16.7 Å². The Kier molecular flexibility index (Phi) is 5.86. The average Bonchev–Trinajstić information content (AvgIpc) is 3.10. The molecule has 0 radical (unpaired) electrons. The number of rotatable bonds is 5. The summed E-state index contributed by atoms with van der Waals surface area (Å²) in [5, 5.41) is 5.86. The Labute approximate surface area is 178 Å². The predicted molar refractivity (Wildman–Crippen MR) is 120 cm³/mol. The smallest absolute Gasteiger partial charge is 0.222 e. The van der Waals surface area contributed by atoms with Crippen molar-refractivity contribution < 1.29 is 4.79 Å². The molecule has 158 valence electrons. The number of piperazine rings is 1. The van der Waals surface area contributed by atoms with Gasteiger partial charge in [0.2, 0.25) is 5.91 Å². The third-order valence-electron chi connectivity index (χ3n) is 6.34. The number of fused-ring (bicyclic) bond motifs is 1. The summed E-state index contributed by atoms with van der Waals surface area (Å²) in [6.45, 7) is 13.1. The van der Waals surface area contributed by atoms with Crippen LogP contribution in [0.3, 0.4) is 0 Å². The minimum Gasteiger partial charge on any atom is -0.340 e. The van der Waals surface area contributed by atoms with Gasteiger partial charge in [0.25, 0.3) is 0 Å². The molecule has 1 aliphatic rings. The fourth-order valence-electron chi connectivity index (χ4n) is 4.53. The number of amides is 1. The largest absolute Gasteiger partial charge is 0.340 e. The first-order valence-corrected chi connectivity index (χ1v) is 10.9. The third-order valence-corrected chi connectivity index (χ3v) is 6.34. The van der Waals surface area contributed by atoms with Gasteiger partial charge in [-0.25, -0.2) is 9.67 Å². The Hall–Kier alpha value is -2.73. The summed E-state index contributed by atoms with van der Waals surface area (Å²) in [7, 11) is 0. The van der Waals surface area contributed by atoms with E-state index in [-0.39, 0.29) is 5.91 Å². The molecule has 0 N–H and O–H groups in total. The molecule has 4 rings (SSSR count). The van der Waals surface area contributed by atoms with Gasteiger partial charge in [-0.3, -0.25) is 4.79 Å². The molecule has 1 aliphatic heterocycles. The Balaban J connectivity index is 1.57. The molecule has 0 atom stereocenters. The van der Waals surface area contributed by atoms with Gasteiger partial charge in [-0.2, -0.15) is 5.10 Å². The van der Waals surface area contributed by atoms with E-state index in [1.807, 2.05) is 53.8 Å². The molecule has 30 heavy (non-hydrogen) atoms. The van der Waals surface area contributed by atoms with E-state index in [2.05, 4.69) is 18.7 Å². The van der Waals surface area contributed by atoms with Gasteiger partial charge >= 0.3 is 0 Å². The molecule has 0 aliphatic carbocycles. The normalized spacial score (nSPS) is 15.1. The van der Waals surface area contributed by atoms with Gasteiger partial charge in [0, 0.05) is 43.7 Å². The molecule has 0 bridgehead atoms. The van der Waals surface area contributed by atoms with Crippen molar-refractivity contribution in [3.8, 4) is 5.69 Å². The average molecular weight is 406 g/mol. The van der Waals surface area contributed by atoms with Crippen molar-refractivity contribution in [3.05, 3.63) is 52.8 Å². The number of pyridine rings is 1. The van der Waals surface area contributed by atoms with E-state index >= 15 is 0 Å². The van der Waals surface area contributed by atoms with Crippen molar-refractivity contribution in [1.29, 1.82) is 0 Å². The maximum atomic E-state index is 12.8. The van der Waals surface area contributed by atoms with E-state index < -0.39 is 0 Å². The van der Waals surface area contributed by atoms with Crippen molar-refractivity contribution in [2.45, 2.75) is 40.5 Å². The van der Waals surface area contributed by atoms with Crippen molar-refractivity contribution >= 4 is 16.9 Å². The number of hydrogen-bond donors (Lipinski definition) is 0. The fraction of sp³-hybridized carbons (Fsp3) is 0.458. The lowest BCUT2D eigenvalue weighted by Gasteiger charge is -2.34. The van der Waals surface area contributed by atoms with E-state index in [9.17, 15) is 4.79 Å². The highest BCUT2D eigenvalue weighted by molar-refractivity contribution is 5.85. The first-order valence-electron chi connectivity index (χ1n) is 10.9. The fourth-order valence-corrected chi connectivity index (χ4v) is 4.53. The molecule has 1 aromatic carbocycles. The quantitative estimate of drug-likeness (QED) is 0.653. The van der Waals surface area contributed by atoms with Crippen LogP contribution in [0.2, 0.25) is 0 Å². The van der Waals surface area contributed by atoms with Gasteiger partial charge in [0.05, 0.1) is 11.4 Å². The van der Waals surface area contributed by atoms with Crippen LogP contribution in [0.1, 0.15) is 35.9 Å². The molecule has 1 fully saturated rings. The highest BCUT2D eigenvalue weighted by Crippen LogP contribution is 2.28. The Morgan fingerprint density at radius 2 is 1.70 bits per heavy atom. The minimum absolute atomic E-state index is 0.251. The van der Waals surface area contributed by atoms with E-state index in [0.29, 0.717) is 6.42 Å². The first-order chi connectivity index (χ1) is 14.5. The van der Waals surface area contributed by atoms with Gasteiger partial charge in [-0.15, -0.1) is 0 Å². The molecular formula is C24H31N5O. The van der Waals surface area contributed by atoms with Gasteiger partial charge < -0.3 is 9.80 Å². The third kappa shape index (κ3) is 3.84. The standard InChI is InChI=1S/C24H31N5O/c1-5-27-13-15-28(16-14-27)22(30)12-11-21-17(2)23-19(4)26-29(24(23)25-18(21)3)20-9-7-6-8-10-20/h6-10H,5,11-16H2,1-4H3. The molecule has 0 saturated carbocycles. The number of aryl methyl sites for hydroxylation is 3. The molecule has 3 aromatic rings. The van der Waals surface area contributed by atoms with Crippen LogP contribution >= 0.6 is 0 Å². The summed E-state index contributed by atoms with van der Waals surface area (Å²) in [4.78, 5) is 22.1. The molecule has 1 saturated heterocycles. The van der Waals surface area contributed by atoms with Gasteiger partial charge in [-0.1, -0.05) is 25.1 Å². The first kappa shape index (κ1) is 20.5. The molecule has 3 heterocycles. The molecule has 6 nitrogen and oxygen atoms in total. The van der Waals surface area contributed by atoms with Crippen LogP contribution in [-0.4, -0.2) is 63.2 Å². The lowest BCUT2D eigenvalue weighted by Crippen LogP contribution is -2.48. The van der Waals surface area contributed by atoms with Crippen molar-refractivity contribution in [2.24, 2.45) is 0 Å². The number of carbonyl (C=O) groups is 1. The summed E-state index contributed by atoms with van der Waals surface area (Å²) >= 11 is 0. The van der Waals surface area contributed by atoms with Gasteiger partial charge in [0.1, 0.15) is 0 Å². The van der Waals surface area contributed by atoms with Gasteiger partial charge in [-0.05, 0) is 57.0 Å². The van der Waals surface area contributed by atoms with E-state index in [0.717, 1.165) is 67.3 Å². The Morgan fingerprint density at radius 1 is 1.00 bits per heavy atom. The summed E-state index contributed by atoms with van der Waals surface area (Å²) in [5.74, 6) is 0.251. The number of nitrogens with zero attached hydrogens (tertiary/aromatic N) is 5. The number of para-hydroxylation sites is 1. The topological polar surface area (TPSA) is 54.3 Å². The van der Waals surface area contributed by atoms with Crippen LogP contribution in [0.5, 0.6) is 0 Å². The van der Waals surface area contributed by atoms with Gasteiger partial charge in [0.15, 0.2) is 5.65 Å². The predicted octanol–water partition coefficient (Wildman–Crippen LogP) is 3.44.